The fraction of sp³-hybridized carbons (Fsp3) is 0.462. The predicted octanol–water partition coefficient (Wildman–Crippen LogP) is 1.34. The van der Waals surface area contributed by atoms with Gasteiger partial charge in [0.15, 0.2) is 0 Å². The highest BCUT2D eigenvalue weighted by Gasteiger charge is 2.31. The first-order chi connectivity index (χ1) is 9.86. The summed E-state index contributed by atoms with van der Waals surface area (Å²) >= 11 is 0. The van der Waals surface area contributed by atoms with Gasteiger partial charge in [0, 0.05) is 25.9 Å². The topological polar surface area (TPSA) is 76.4 Å². The van der Waals surface area contributed by atoms with Crippen molar-refractivity contribution in [3.8, 4) is 0 Å². The first-order valence-corrected chi connectivity index (χ1v) is 6.27. The van der Waals surface area contributed by atoms with E-state index in [2.05, 4.69) is 10.6 Å². The smallest absolute Gasteiger partial charge is 0.383 e. The molecule has 0 saturated carbocycles. The SMILES string of the molecule is COCCNCC(=O)Nc1cc(CN)cc(C(F)(F)F)c1. The summed E-state index contributed by atoms with van der Waals surface area (Å²) in [6.07, 6.45) is -4.48. The molecule has 0 fully saturated rings. The van der Waals surface area contributed by atoms with Gasteiger partial charge in [0.2, 0.25) is 5.91 Å². The van der Waals surface area contributed by atoms with E-state index >= 15 is 0 Å². The Morgan fingerprint density at radius 2 is 2.05 bits per heavy atom. The maximum absolute atomic E-state index is 12.7. The molecule has 0 aromatic heterocycles. The number of rotatable bonds is 7. The van der Waals surface area contributed by atoms with Crippen molar-refractivity contribution in [1.29, 1.82) is 0 Å². The second-order valence-corrected chi connectivity index (χ2v) is 4.34. The summed E-state index contributed by atoms with van der Waals surface area (Å²) in [5, 5.41) is 5.20. The van der Waals surface area contributed by atoms with E-state index in [1.807, 2.05) is 0 Å². The van der Waals surface area contributed by atoms with Crippen LogP contribution in [0.1, 0.15) is 11.1 Å². The number of hydrogen-bond donors (Lipinski definition) is 3. The molecule has 0 heterocycles. The average molecular weight is 305 g/mol. The standard InChI is InChI=1S/C13H18F3N3O2/c1-21-3-2-18-8-12(20)19-11-5-9(7-17)4-10(6-11)13(14,15)16/h4-6,18H,2-3,7-8,17H2,1H3,(H,19,20). The van der Waals surface area contributed by atoms with Gasteiger partial charge < -0.3 is 21.1 Å². The van der Waals surface area contributed by atoms with Crippen molar-refractivity contribution >= 4 is 11.6 Å². The molecule has 0 unspecified atom stereocenters. The largest absolute Gasteiger partial charge is 0.416 e. The lowest BCUT2D eigenvalue weighted by Crippen LogP contribution is -2.30. The summed E-state index contributed by atoms with van der Waals surface area (Å²) in [5.74, 6) is -0.437. The van der Waals surface area contributed by atoms with Crippen LogP contribution < -0.4 is 16.4 Å². The van der Waals surface area contributed by atoms with Crippen molar-refractivity contribution < 1.29 is 22.7 Å². The Labute approximate surface area is 120 Å². The number of hydrogen-bond acceptors (Lipinski definition) is 4. The second kappa shape index (κ2) is 7.96. The average Bonchev–Trinajstić information content (AvgIpc) is 2.42. The van der Waals surface area contributed by atoms with Crippen LogP contribution in [0.2, 0.25) is 0 Å². The number of methoxy groups -OCH3 is 1. The van der Waals surface area contributed by atoms with Crippen molar-refractivity contribution in [2.24, 2.45) is 5.73 Å². The molecule has 5 nitrogen and oxygen atoms in total. The van der Waals surface area contributed by atoms with Gasteiger partial charge in [-0.1, -0.05) is 0 Å². The molecule has 0 radical (unpaired) electrons. The number of ether oxygens (including phenoxy) is 1. The fourth-order valence-electron chi connectivity index (χ4n) is 1.63. The van der Waals surface area contributed by atoms with E-state index in [9.17, 15) is 18.0 Å². The summed E-state index contributed by atoms with van der Waals surface area (Å²) in [6, 6.07) is 3.26. The summed E-state index contributed by atoms with van der Waals surface area (Å²) in [4.78, 5) is 11.6. The van der Waals surface area contributed by atoms with Gasteiger partial charge in [-0.05, 0) is 23.8 Å². The Hall–Kier alpha value is -1.64. The van der Waals surface area contributed by atoms with Crippen LogP contribution in [0.15, 0.2) is 18.2 Å². The molecule has 118 valence electrons. The summed E-state index contributed by atoms with van der Waals surface area (Å²) in [6.45, 7) is 0.852. The Balaban J connectivity index is 2.71. The predicted molar refractivity (Wildman–Crippen MR) is 72.7 cm³/mol. The van der Waals surface area contributed by atoms with Gasteiger partial charge in [0.1, 0.15) is 0 Å². The summed E-state index contributed by atoms with van der Waals surface area (Å²) in [7, 11) is 1.53. The van der Waals surface area contributed by atoms with E-state index in [4.69, 9.17) is 10.5 Å². The molecule has 1 rings (SSSR count). The normalized spacial score (nSPS) is 11.5. The van der Waals surface area contributed by atoms with Crippen molar-refractivity contribution in [3.05, 3.63) is 29.3 Å². The summed E-state index contributed by atoms with van der Waals surface area (Å²) < 4.78 is 43.0. The van der Waals surface area contributed by atoms with Gasteiger partial charge in [0.05, 0.1) is 18.7 Å². The second-order valence-electron chi connectivity index (χ2n) is 4.34. The Morgan fingerprint density at radius 3 is 2.62 bits per heavy atom. The van der Waals surface area contributed by atoms with Crippen molar-refractivity contribution in [2.75, 3.05) is 32.1 Å². The third-order valence-electron chi connectivity index (χ3n) is 2.61. The van der Waals surface area contributed by atoms with E-state index < -0.39 is 17.6 Å². The highest BCUT2D eigenvalue weighted by Crippen LogP contribution is 2.31. The zero-order valence-electron chi connectivity index (χ0n) is 11.6. The van der Waals surface area contributed by atoms with Gasteiger partial charge in [-0.2, -0.15) is 13.2 Å². The van der Waals surface area contributed by atoms with Crippen LogP contribution in [-0.2, 0) is 22.3 Å². The van der Waals surface area contributed by atoms with Gasteiger partial charge in [-0.25, -0.2) is 0 Å². The Morgan fingerprint density at radius 1 is 1.33 bits per heavy atom. The van der Waals surface area contributed by atoms with E-state index in [0.717, 1.165) is 12.1 Å². The highest BCUT2D eigenvalue weighted by molar-refractivity contribution is 5.92. The minimum atomic E-state index is -4.48. The Kier molecular flexibility index (Phi) is 6.60. The lowest BCUT2D eigenvalue weighted by atomic mass is 10.1. The lowest BCUT2D eigenvalue weighted by molar-refractivity contribution is -0.137. The molecule has 0 aliphatic rings. The van der Waals surface area contributed by atoms with E-state index in [1.165, 1.54) is 13.2 Å². The van der Waals surface area contributed by atoms with Crippen molar-refractivity contribution in [1.82, 2.24) is 5.32 Å². The third kappa shape index (κ3) is 6.11. The van der Waals surface area contributed by atoms with E-state index in [1.54, 1.807) is 0 Å². The molecular formula is C13H18F3N3O2. The van der Waals surface area contributed by atoms with E-state index in [-0.39, 0.29) is 18.8 Å². The maximum Gasteiger partial charge on any atom is 0.416 e. The van der Waals surface area contributed by atoms with Gasteiger partial charge in [0.25, 0.3) is 0 Å². The molecule has 0 atom stereocenters. The van der Waals surface area contributed by atoms with Crippen LogP contribution in [0.4, 0.5) is 18.9 Å². The Bertz CT molecular complexity index is 478. The molecular weight excluding hydrogens is 287 g/mol. The number of nitrogens with two attached hydrogens (primary N) is 1. The van der Waals surface area contributed by atoms with Crippen LogP contribution >= 0.6 is 0 Å². The first-order valence-electron chi connectivity index (χ1n) is 6.27. The third-order valence-corrected chi connectivity index (χ3v) is 2.61. The molecule has 1 amide bonds. The van der Waals surface area contributed by atoms with Crippen LogP contribution in [-0.4, -0.2) is 32.7 Å². The van der Waals surface area contributed by atoms with Crippen molar-refractivity contribution in [3.63, 3.8) is 0 Å². The number of benzene rings is 1. The number of carbonyl (C=O) groups is 1. The number of amides is 1. The number of halogens is 3. The maximum atomic E-state index is 12.7. The molecule has 0 aliphatic heterocycles. The van der Waals surface area contributed by atoms with Crippen LogP contribution in [0.3, 0.4) is 0 Å². The highest BCUT2D eigenvalue weighted by atomic mass is 19.4. The van der Waals surface area contributed by atoms with Crippen molar-refractivity contribution in [2.45, 2.75) is 12.7 Å². The monoisotopic (exact) mass is 305 g/mol. The van der Waals surface area contributed by atoms with Gasteiger partial charge >= 0.3 is 6.18 Å². The molecule has 1 aromatic carbocycles. The number of nitrogens with one attached hydrogen (secondary N) is 2. The molecule has 0 aliphatic carbocycles. The zero-order valence-corrected chi connectivity index (χ0v) is 11.6. The number of anilines is 1. The quantitative estimate of drug-likeness (QED) is 0.664. The minimum absolute atomic E-state index is 0.0163. The molecule has 0 bridgehead atoms. The van der Waals surface area contributed by atoms with Gasteiger partial charge in [-0.3, -0.25) is 4.79 Å². The van der Waals surface area contributed by atoms with Crippen LogP contribution in [0.25, 0.3) is 0 Å². The minimum Gasteiger partial charge on any atom is -0.383 e. The number of carbonyl (C=O) groups excluding carboxylic acids is 1. The molecule has 0 spiro atoms. The van der Waals surface area contributed by atoms with Crippen LogP contribution in [0.5, 0.6) is 0 Å². The molecule has 21 heavy (non-hydrogen) atoms. The summed E-state index contributed by atoms with van der Waals surface area (Å²) in [5.41, 5.74) is 4.90. The lowest BCUT2D eigenvalue weighted by Gasteiger charge is -2.12. The molecule has 8 heteroatoms. The molecule has 1 aromatic rings. The first kappa shape index (κ1) is 17.4. The van der Waals surface area contributed by atoms with Gasteiger partial charge in [-0.15, -0.1) is 0 Å². The fourth-order valence-corrected chi connectivity index (χ4v) is 1.63. The molecule has 4 N–H and O–H groups in total. The molecule has 0 saturated heterocycles. The zero-order chi connectivity index (χ0) is 15.9. The van der Waals surface area contributed by atoms with Crippen LogP contribution in [0, 0.1) is 0 Å². The van der Waals surface area contributed by atoms with E-state index in [0.29, 0.717) is 18.7 Å². The number of alkyl halides is 3.